The molecule has 1 N–H and O–H groups in total. The average Bonchev–Trinajstić information content (AvgIpc) is 2.65. The normalized spacial score (nSPS) is 15.5. The lowest BCUT2D eigenvalue weighted by atomic mass is 10.1. The number of hydrogen-bond donors (Lipinski definition) is 1. The van der Waals surface area contributed by atoms with E-state index in [0.717, 1.165) is 11.3 Å². The fourth-order valence-corrected chi connectivity index (χ4v) is 3.08. The van der Waals surface area contributed by atoms with Crippen LogP contribution in [0.25, 0.3) is 0 Å². The molecule has 1 aliphatic heterocycles. The molecule has 1 aliphatic rings. The van der Waals surface area contributed by atoms with Crippen molar-refractivity contribution >= 4 is 17.5 Å². The fraction of sp³-hybridized carbons (Fsp3) is 0.333. The van der Waals surface area contributed by atoms with Gasteiger partial charge in [-0.2, -0.15) is 0 Å². The highest BCUT2D eigenvalue weighted by atomic mass is 16.5. The number of hydrogen-bond acceptors (Lipinski definition) is 4. The molecule has 27 heavy (non-hydrogen) atoms. The van der Waals surface area contributed by atoms with Crippen LogP contribution in [0.15, 0.2) is 42.5 Å². The molecular formula is C21H24N2O4. The topological polar surface area (TPSA) is 67.9 Å². The molecule has 0 aromatic heterocycles. The molecule has 3 rings (SSSR count). The van der Waals surface area contributed by atoms with E-state index in [2.05, 4.69) is 11.4 Å². The molecule has 0 bridgehead atoms. The van der Waals surface area contributed by atoms with E-state index in [1.807, 2.05) is 44.2 Å². The number of carbonyl (C=O) groups is 2. The predicted molar refractivity (Wildman–Crippen MR) is 103 cm³/mol. The van der Waals surface area contributed by atoms with Crippen molar-refractivity contribution < 1.29 is 19.1 Å². The molecule has 0 radical (unpaired) electrons. The highest BCUT2D eigenvalue weighted by Gasteiger charge is 2.32. The van der Waals surface area contributed by atoms with Crippen molar-refractivity contribution in [1.29, 1.82) is 0 Å². The smallest absolute Gasteiger partial charge is 0.263 e. The maximum absolute atomic E-state index is 12.5. The third-order valence-corrected chi connectivity index (χ3v) is 4.44. The zero-order chi connectivity index (χ0) is 19.4. The molecule has 0 fully saturated rings. The Morgan fingerprint density at radius 3 is 2.74 bits per heavy atom. The first-order chi connectivity index (χ1) is 13.0. The van der Waals surface area contributed by atoms with E-state index in [1.54, 1.807) is 11.0 Å². The van der Waals surface area contributed by atoms with Gasteiger partial charge in [-0.05, 0) is 37.6 Å². The van der Waals surface area contributed by atoms with E-state index < -0.39 is 6.10 Å². The standard InChI is InChI=1S/C21H24N2O4/c1-14-8-9-18(15(2)12-14)26-11-10-22-21(25)20-13-23(16(3)24)17-6-4-5-7-19(17)27-20/h4-9,12,20H,10-11,13H2,1-3H3,(H,22,25)/t20-/m1/s1. The van der Waals surface area contributed by atoms with Crippen LogP contribution in [-0.4, -0.2) is 37.6 Å². The number of rotatable bonds is 5. The minimum absolute atomic E-state index is 0.123. The molecular weight excluding hydrogens is 344 g/mol. The molecule has 2 aromatic carbocycles. The number of para-hydroxylation sites is 2. The summed E-state index contributed by atoms with van der Waals surface area (Å²) < 4.78 is 11.5. The summed E-state index contributed by atoms with van der Waals surface area (Å²) in [4.78, 5) is 26.0. The monoisotopic (exact) mass is 368 g/mol. The predicted octanol–water partition coefficient (Wildman–Crippen LogP) is 2.61. The van der Waals surface area contributed by atoms with E-state index >= 15 is 0 Å². The van der Waals surface area contributed by atoms with E-state index in [0.29, 0.717) is 24.6 Å². The number of nitrogens with zero attached hydrogens (tertiary/aromatic N) is 1. The van der Waals surface area contributed by atoms with Gasteiger partial charge in [-0.25, -0.2) is 0 Å². The molecule has 0 aliphatic carbocycles. The molecule has 2 amide bonds. The van der Waals surface area contributed by atoms with Crippen molar-refractivity contribution in [2.24, 2.45) is 0 Å². The van der Waals surface area contributed by atoms with Crippen LogP contribution in [0, 0.1) is 13.8 Å². The Bertz CT molecular complexity index is 850. The summed E-state index contributed by atoms with van der Waals surface area (Å²) in [6.45, 7) is 6.41. The van der Waals surface area contributed by atoms with Crippen LogP contribution >= 0.6 is 0 Å². The molecule has 6 nitrogen and oxygen atoms in total. The van der Waals surface area contributed by atoms with Gasteiger partial charge in [0.25, 0.3) is 5.91 Å². The van der Waals surface area contributed by atoms with Gasteiger partial charge in [-0.3, -0.25) is 9.59 Å². The molecule has 0 unspecified atom stereocenters. The number of anilines is 1. The number of ether oxygens (including phenoxy) is 2. The summed E-state index contributed by atoms with van der Waals surface area (Å²) in [6, 6.07) is 13.2. The summed E-state index contributed by atoms with van der Waals surface area (Å²) in [5.74, 6) is 0.952. The largest absolute Gasteiger partial charge is 0.491 e. The lowest BCUT2D eigenvalue weighted by molar-refractivity contribution is -0.128. The van der Waals surface area contributed by atoms with Crippen molar-refractivity contribution in [1.82, 2.24) is 5.32 Å². The maximum atomic E-state index is 12.5. The number of carbonyl (C=O) groups excluding carboxylic acids is 2. The lowest BCUT2D eigenvalue weighted by Gasteiger charge is -2.33. The Morgan fingerprint density at radius 2 is 2.00 bits per heavy atom. The molecule has 1 heterocycles. The second-order valence-corrected chi connectivity index (χ2v) is 6.61. The Kier molecular flexibility index (Phi) is 5.64. The number of amides is 2. The Labute approximate surface area is 159 Å². The fourth-order valence-electron chi connectivity index (χ4n) is 3.08. The second kappa shape index (κ2) is 8.12. The zero-order valence-corrected chi connectivity index (χ0v) is 15.8. The van der Waals surface area contributed by atoms with Crippen LogP contribution in [0.4, 0.5) is 5.69 Å². The summed E-state index contributed by atoms with van der Waals surface area (Å²) >= 11 is 0. The van der Waals surface area contributed by atoms with Gasteiger partial charge < -0.3 is 19.7 Å². The molecule has 0 spiro atoms. The van der Waals surface area contributed by atoms with Gasteiger partial charge in [0.15, 0.2) is 6.10 Å². The quantitative estimate of drug-likeness (QED) is 0.824. The van der Waals surface area contributed by atoms with Crippen molar-refractivity contribution in [2.75, 3.05) is 24.6 Å². The third-order valence-electron chi connectivity index (χ3n) is 4.44. The van der Waals surface area contributed by atoms with Gasteiger partial charge >= 0.3 is 0 Å². The lowest BCUT2D eigenvalue weighted by Crippen LogP contribution is -2.50. The number of aryl methyl sites for hydroxylation is 2. The number of fused-ring (bicyclic) bond motifs is 1. The van der Waals surface area contributed by atoms with Crippen LogP contribution in [0.5, 0.6) is 11.5 Å². The Hall–Kier alpha value is -3.02. The van der Waals surface area contributed by atoms with Gasteiger partial charge in [0.1, 0.15) is 18.1 Å². The van der Waals surface area contributed by atoms with E-state index in [-0.39, 0.29) is 18.4 Å². The average molecular weight is 368 g/mol. The number of benzene rings is 2. The molecule has 142 valence electrons. The van der Waals surface area contributed by atoms with Gasteiger partial charge in [-0.15, -0.1) is 0 Å². The first-order valence-corrected chi connectivity index (χ1v) is 8.97. The second-order valence-electron chi connectivity index (χ2n) is 6.61. The Balaban J connectivity index is 1.55. The highest BCUT2D eigenvalue weighted by molar-refractivity contribution is 5.95. The van der Waals surface area contributed by atoms with Crippen LogP contribution in [-0.2, 0) is 9.59 Å². The summed E-state index contributed by atoms with van der Waals surface area (Å²) in [7, 11) is 0. The van der Waals surface area contributed by atoms with E-state index in [4.69, 9.17) is 9.47 Å². The Morgan fingerprint density at radius 1 is 1.22 bits per heavy atom. The third kappa shape index (κ3) is 4.39. The SMILES string of the molecule is CC(=O)N1C[C@H](C(=O)NCCOc2ccc(C)cc2C)Oc2ccccc21. The van der Waals surface area contributed by atoms with Crippen LogP contribution < -0.4 is 19.7 Å². The zero-order valence-electron chi connectivity index (χ0n) is 15.8. The van der Waals surface area contributed by atoms with Crippen LogP contribution in [0.2, 0.25) is 0 Å². The van der Waals surface area contributed by atoms with Gasteiger partial charge in [0, 0.05) is 6.92 Å². The van der Waals surface area contributed by atoms with Crippen LogP contribution in [0.1, 0.15) is 18.1 Å². The first kappa shape index (κ1) is 18.8. The molecule has 1 atom stereocenters. The number of nitrogens with one attached hydrogen (secondary N) is 1. The maximum Gasteiger partial charge on any atom is 0.263 e. The molecule has 0 saturated heterocycles. The molecule has 2 aromatic rings. The highest BCUT2D eigenvalue weighted by Crippen LogP contribution is 2.33. The minimum atomic E-state index is -0.745. The summed E-state index contributed by atoms with van der Waals surface area (Å²) in [5.41, 5.74) is 2.93. The van der Waals surface area contributed by atoms with Crippen molar-refractivity contribution in [2.45, 2.75) is 26.9 Å². The van der Waals surface area contributed by atoms with Gasteiger partial charge in [0.05, 0.1) is 18.8 Å². The van der Waals surface area contributed by atoms with E-state index in [9.17, 15) is 9.59 Å². The summed E-state index contributed by atoms with van der Waals surface area (Å²) in [5, 5.41) is 2.82. The van der Waals surface area contributed by atoms with Gasteiger partial charge in [-0.1, -0.05) is 29.8 Å². The minimum Gasteiger partial charge on any atom is -0.491 e. The van der Waals surface area contributed by atoms with Crippen molar-refractivity contribution in [3.8, 4) is 11.5 Å². The van der Waals surface area contributed by atoms with Crippen LogP contribution in [0.3, 0.4) is 0 Å². The van der Waals surface area contributed by atoms with Crippen molar-refractivity contribution in [3.63, 3.8) is 0 Å². The molecule has 0 saturated carbocycles. The summed E-state index contributed by atoms with van der Waals surface area (Å²) in [6.07, 6.45) is -0.745. The van der Waals surface area contributed by atoms with Crippen molar-refractivity contribution in [3.05, 3.63) is 53.6 Å². The van der Waals surface area contributed by atoms with Gasteiger partial charge in [0.2, 0.25) is 5.91 Å². The molecule has 6 heteroatoms. The first-order valence-electron chi connectivity index (χ1n) is 8.97. The van der Waals surface area contributed by atoms with E-state index in [1.165, 1.54) is 12.5 Å².